The minimum atomic E-state index is 0.849. The molecule has 47 heavy (non-hydrogen) atoms. The average molecular weight is 599 g/mol. The highest BCUT2D eigenvalue weighted by Gasteiger charge is 2.17. The van der Waals surface area contributed by atoms with Crippen molar-refractivity contribution >= 4 is 76.1 Å². The summed E-state index contributed by atoms with van der Waals surface area (Å²) >= 11 is 0. The maximum absolute atomic E-state index is 6.45. The Morgan fingerprint density at radius 3 is 1.70 bits per heavy atom. The second-order valence-electron chi connectivity index (χ2n) is 12.2. The van der Waals surface area contributed by atoms with E-state index in [1.165, 1.54) is 10.8 Å². The number of benzene rings is 7. The fraction of sp³-hybridized carbons (Fsp3) is 0. The lowest BCUT2D eigenvalue weighted by atomic mass is 10.00. The molecule has 0 spiro atoms. The van der Waals surface area contributed by atoms with Crippen LogP contribution in [0.5, 0.6) is 0 Å². The first-order chi connectivity index (χ1) is 23.3. The molecule has 0 fully saturated rings. The predicted octanol–water partition coefficient (Wildman–Crippen LogP) is 12.0. The molecule has 0 aliphatic rings. The number of aromatic nitrogens is 2. The van der Waals surface area contributed by atoms with Gasteiger partial charge in [0.05, 0.1) is 22.4 Å². The molecule has 6 bridgehead atoms. The molecule has 0 aliphatic carbocycles. The van der Waals surface area contributed by atoms with E-state index in [1.807, 2.05) is 12.1 Å². The van der Waals surface area contributed by atoms with Gasteiger partial charge in [-0.05, 0) is 74.1 Å². The van der Waals surface area contributed by atoms with Crippen LogP contribution in [0.25, 0.3) is 98.6 Å². The van der Waals surface area contributed by atoms with E-state index in [9.17, 15) is 0 Å². The van der Waals surface area contributed by atoms with Crippen molar-refractivity contribution in [1.29, 1.82) is 0 Å². The largest absolute Gasteiger partial charge is 0.456 e. The zero-order valence-electron chi connectivity index (χ0n) is 25.3. The fourth-order valence-electron chi connectivity index (χ4n) is 7.21. The third kappa shape index (κ3) is 4.07. The zero-order valence-corrected chi connectivity index (χ0v) is 25.3. The van der Waals surface area contributed by atoms with Gasteiger partial charge in [-0.3, -0.25) is 0 Å². The maximum Gasteiger partial charge on any atom is 0.136 e. The van der Waals surface area contributed by atoms with Crippen molar-refractivity contribution in [3.8, 4) is 22.5 Å². The van der Waals surface area contributed by atoms with Gasteiger partial charge in [0, 0.05) is 27.3 Å². The predicted molar refractivity (Wildman–Crippen MR) is 197 cm³/mol. The van der Waals surface area contributed by atoms with Crippen molar-refractivity contribution in [2.75, 3.05) is 0 Å². The molecule has 0 amide bonds. The minimum Gasteiger partial charge on any atom is -0.456 e. The Balaban J connectivity index is 1.48. The van der Waals surface area contributed by atoms with Gasteiger partial charge in [-0.1, -0.05) is 121 Å². The molecule has 0 radical (unpaired) electrons. The summed E-state index contributed by atoms with van der Waals surface area (Å²) < 4.78 is 6.45. The standard InChI is InChI=1S/C44H26N2O/c1-3-11-27(12-4-1)42-43(28-13-5-2-6-14-28)46-44-36-25-32(26-38(44)45-42)35-19-10-20-40-41(35)37-24-31(21-22-39(37)47-40)34-18-8-7-17-33(34)29-15-9-16-30(36)23-29/h1-26H. The summed E-state index contributed by atoms with van der Waals surface area (Å²) in [4.78, 5) is 10.9. The topological polar surface area (TPSA) is 38.9 Å². The molecule has 0 saturated carbocycles. The highest BCUT2D eigenvalue weighted by Crippen LogP contribution is 2.39. The van der Waals surface area contributed by atoms with Crippen LogP contribution in [0.2, 0.25) is 0 Å². The quantitative estimate of drug-likeness (QED) is 0.199. The van der Waals surface area contributed by atoms with E-state index in [1.54, 1.807) is 0 Å². The number of furan rings is 1. The lowest BCUT2D eigenvalue weighted by Gasteiger charge is -2.12. The van der Waals surface area contributed by atoms with Crippen LogP contribution in [0.15, 0.2) is 162 Å². The van der Waals surface area contributed by atoms with E-state index < -0.39 is 0 Å². The van der Waals surface area contributed by atoms with E-state index in [4.69, 9.17) is 14.4 Å². The number of rotatable bonds is 2. The summed E-state index contributed by atoms with van der Waals surface area (Å²) in [6.45, 7) is 0. The Morgan fingerprint density at radius 1 is 0.362 bits per heavy atom. The molecular formula is C44H26N2O. The molecule has 10 rings (SSSR count). The second kappa shape index (κ2) is 10.1. The van der Waals surface area contributed by atoms with Crippen LogP contribution in [0.3, 0.4) is 0 Å². The first kappa shape index (κ1) is 26.0. The summed E-state index contributed by atoms with van der Waals surface area (Å²) in [6, 6.07) is 55.6. The molecule has 218 valence electrons. The SMILES string of the molecule is c1ccc(-c2nc3cc4cc(c5cccc(c5)c5ccccc5c5ccc6oc7cccc4c7c6c5)c3nc2-c2ccccc2)cc1. The summed E-state index contributed by atoms with van der Waals surface area (Å²) in [7, 11) is 0. The van der Waals surface area contributed by atoms with Crippen molar-refractivity contribution in [1.82, 2.24) is 9.97 Å². The summed E-state index contributed by atoms with van der Waals surface area (Å²) in [6.07, 6.45) is 0. The average Bonchev–Trinajstić information content (AvgIpc) is 3.52. The second-order valence-corrected chi connectivity index (χ2v) is 12.2. The van der Waals surface area contributed by atoms with Gasteiger partial charge in [0.15, 0.2) is 0 Å². The minimum absolute atomic E-state index is 0.849. The summed E-state index contributed by atoms with van der Waals surface area (Å²) in [5, 5.41) is 11.2. The Morgan fingerprint density at radius 2 is 0.957 bits per heavy atom. The molecule has 0 N–H and O–H groups in total. The first-order valence-electron chi connectivity index (χ1n) is 15.9. The van der Waals surface area contributed by atoms with Crippen molar-refractivity contribution in [2.24, 2.45) is 0 Å². The molecule has 3 nitrogen and oxygen atoms in total. The highest BCUT2D eigenvalue weighted by atomic mass is 16.3. The third-order valence-electron chi connectivity index (χ3n) is 9.39. The lowest BCUT2D eigenvalue weighted by molar-refractivity contribution is 0.669. The van der Waals surface area contributed by atoms with E-state index in [0.29, 0.717) is 0 Å². The molecule has 3 heteroatoms. The van der Waals surface area contributed by atoms with Crippen LogP contribution in [-0.2, 0) is 0 Å². The molecule has 0 aliphatic heterocycles. The Hall–Kier alpha value is -6.32. The number of hydrogen-bond donors (Lipinski definition) is 0. The zero-order chi connectivity index (χ0) is 30.9. The van der Waals surface area contributed by atoms with Gasteiger partial charge < -0.3 is 4.42 Å². The maximum atomic E-state index is 6.45. The molecule has 8 aromatic carbocycles. The van der Waals surface area contributed by atoms with Crippen molar-refractivity contribution in [2.45, 2.75) is 0 Å². The third-order valence-corrected chi connectivity index (χ3v) is 9.39. The van der Waals surface area contributed by atoms with Crippen LogP contribution in [0, 0.1) is 0 Å². The van der Waals surface area contributed by atoms with Gasteiger partial charge in [-0.25, -0.2) is 9.97 Å². The van der Waals surface area contributed by atoms with Crippen LogP contribution >= 0.6 is 0 Å². The molecule has 2 heterocycles. The van der Waals surface area contributed by atoms with E-state index in [-0.39, 0.29) is 0 Å². The van der Waals surface area contributed by atoms with Gasteiger partial charge in [0.2, 0.25) is 0 Å². The normalized spacial score (nSPS) is 11.8. The molecule has 0 unspecified atom stereocenters. The number of fused-ring (bicyclic) bond motifs is 12. The highest BCUT2D eigenvalue weighted by molar-refractivity contribution is 6.22. The molecular weight excluding hydrogens is 572 g/mol. The number of hydrogen-bond acceptors (Lipinski definition) is 3. The van der Waals surface area contributed by atoms with Gasteiger partial charge in [0.25, 0.3) is 0 Å². The Labute approximate surface area is 270 Å². The van der Waals surface area contributed by atoms with Gasteiger partial charge in [-0.2, -0.15) is 0 Å². The van der Waals surface area contributed by atoms with Gasteiger partial charge >= 0.3 is 0 Å². The van der Waals surface area contributed by atoms with Crippen molar-refractivity contribution < 1.29 is 4.42 Å². The monoisotopic (exact) mass is 598 g/mol. The van der Waals surface area contributed by atoms with Crippen LogP contribution < -0.4 is 0 Å². The summed E-state index contributed by atoms with van der Waals surface area (Å²) in [5.41, 5.74) is 7.28. The molecule has 0 saturated heterocycles. The summed E-state index contributed by atoms with van der Waals surface area (Å²) in [5.74, 6) is 0. The van der Waals surface area contributed by atoms with E-state index in [2.05, 4.69) is 146 Å². The molecule has 0 atom stereocenters. The van der Waals surface area contributed by atoms with E-state index >= 15 is 0 Å². The van der Waals surface area contributed by atoms with Gasteiger partial charge in [-0.15, -0.1) is 0 Å². The Kier molecular flexibility index (Phi) is 5.57. The fourth-order valence-corrected chi connectivity index (χ4v) is 7.21. The van der Waals surface area contributed by atoms with Crippen molar-refractivity contribution in [3.05, 3.63) is 158 Å². The first-order valence-corrected chi connectivity index (χ1v) is 15.9. The van der Waals surface area contributed by atoms with Crippen molar-refractivity contribution in [3.63, 3.8) is 0 Å². The smallest absolute Gasteiger partial charge is 0.136 e. The van der Waals surface area contributed by atoms with Gasteiger partial charge in [0.1, 0.15) is 11.2 Å². The Bertz CT molecular complexity index is 2890. The lowest BCUT2D eigenvalue weighted by Crippen LogP contribution is -1.96. The van der Waals surface area contributed by atoms with Crippen LogP contribution in [0.1, 0.15) is 0 Å². The van der Waals surface area contributed by atoms with E-state index in [0.717, 1.165) is 87.8 Å². The molecule has 10 aromatic rings. The number of nitrogens with zero attached hydrogens (tertiary/aromatic N) is 2. The van der Waals surface area contributed by atoms with Crippen LogP contribution in [0.4, 0.5) is 0 Å². The van der Waals surface area contributed by atoms with Crippen LogP contribution in [-0.4, -0.2) is 9.97 Å². The molecule has 2 aromatic heterocycles.